The minimum absolute atomic E-state index is 0.171. The maximum Gasteiger partial charge on any atom is 0.123 e. The van der Waals surface area contributed by atoms with E-state index < -0.39 is 0 Å². The third-order valence-corrected chi connectivity index (χ3v) is 3.63. The highest BCUT2D eigenvalue weighted by molar-refractivity contribution is 9.10. The quantitative estimate of drug-likeness (QED) is 0.877. The molecule has 1 aliphatic carbocycles. The van der Waals surface area contributed by atoms with Crippen molar-refractivity contribution in [2.45, 2.75) is 32.4 Å². The standard InChI is InChI=1S/C13H18BrNO2/c1-9-6-11(14)7-10(13(9)17)8-15(4-5-16)12-2-3-12/h6-7,12,16-17H,2-5,8H2,1H3. The third kappa shape index (κ3) is 3.21. The first kappa shape index (κ1) is 12.9. The Labute approximate surface area is 110 Å². The lowest BCUT2D eigenvalue weighted by molar-refractivity contribution is 0.182. The Hall–Kier alpha value is -0.580. The molecule has 1 saturated carbocycles. The summed E-state index contributed by atoms with van der Waals surface area (Å²) in [4.78, 5) is 2.24. The number of rotatable bonds is 5. The summed E-state index contributed by atoms with van der Waals surface area (Å²) in [6.07, 6.45) is 2.40. The van der Waals surface area contributed by atoms with E-state index in [0.717, 1.165) is 15.6 Å². The SMILES string of the molecule is Cc1cc(Br)cc(CN(CCO)C2CC2)c1O. The molecule has 2 rings (SSSR count). The predicted octanol–water partition coefficient (Wildman–Crippen LogP) is 2.42. The number of phenols is 1. The molecule has 4 heteroatoms. The average molecular weight is 300 g/mol. The van der Waals surface area contributed by atoms with Gasteiger partial charge >= 0.3 is 0 Å². The van der Waals surface area contributed by atoms with Crippen LogP contribution in [0.25, 0.3) is 0 Å². The Morgan fingerprint density at radius 3 is 2.71 bits per heavy atom. The topological polar surface area (TPSA) is 43.7 Å². The number of aliphatic hydroxyl groups excluding tert-OH is 1. The highest BCUT2D eigenvalue weighted by atomic mass is 79.9. The van der Waals surface area contributed by atoms with Gasteiger partial charge in [0.25, 0.3) is 0 Å². The molecule has 0 bridgehead atoms. The van der Waals surface area contributed by atoms with Crippen molar-refractivity contribution in [3.8, 4) is 5.75 Å². The normalized spacial score (nSPS) is 15.5. The van der Waals surface area contributed by atoms with Gasteiger partial charge in [-0.25, -0.2) is 0 Å². The van der Waals surface area contributed by atoms with E-state index in [1.165, 1.54) is 12.8 Å². The Balaban J connectivity index is 2.15. The summed E-state index contributed by atoms with van der Waals surface area (Å²) >= 11 is 3.45. The molecule has 1 fully saturated rings. The molecule has 3 nitrogen and oxygen atoms in total. The summed E-state index contributed by atoms with van der Waals surface area (Å²) in [6, 6.07) is 4.45. The van der Waals surface area contributed by atoms with E-state index in [1.807, 2.05) is 19.1 Å². The van der Waals surface area contributed by atoms with Gasteiger partial charge in [0.15, 0.2) is 0 Å². The first-order valence-corrected chi connectivity index (χ1v) is 6.74. The van der Waals surface area contributed by atoms with E-state index in [-0.39, 0.29) is 6.61 Å². The Bertz CT molecular complexity index is 405. The van der Waals surface area contributed by atoms with Crippen molar-refractivity contribution in [1.82, 2.24) is 4.90 Å². The summed E-state index contributed by atoms with van der Waals surface area (Å²) in [6.45, 7) is 3.45. The van der Waals surface area contributed by atoms with Gasteiger partial charge < -0.3 is 10.2 Å². The fourth-order valence-electron chi connectivity index (χ4n) is 2.10. The van der Waals surface area contributed by atoms with Crippen molar-refractivity contribution < 1.29 is 10.2 Å². The molecule has 1 aliphatic rings. The van der Waals surface area contributed by atoms with E-state index in [4.69, 9.17) is 5.11 Å². The van der Waals surface area contributed by atoms with Crippen LogP contribution in [0.3, 0.4) is 0 Å². The van der Waals surface area contributed by atoms with E-state index >= 15 is 0 Å². The van der Waals surface area contributed by atoms with E-state index in [1.54, 1.807) is 0 Å². The van der Waals surface area contributed by atoms with Crippen LogP contribution in [0.15, 0.2) is 16.6 Å². The van der Waals surface area contributed by atoms with E-state index in [0.29, 0.717) is 24.9 Å². The second-order valence-corrected chi connectivity index (χ2v) is 5.57. The summed E-state index contributed by atoms with van der Waals surface area (Å²) in [7, 11) is 0. The monoisotopic (exact) mass is 299 g/mol. The number of aryl methyl sites for hydroxylation is 1. The molecule has 0 aliphatic heterocycles. The van der Waals surface area contributed by atoms with Gasteiger partial charge in [-0.05, 0) is 37.5 Å². The van der Waals surface area contributed by atoms with Crippen LogP contribution >= 0.6 is 15.9 Å². The molecule has 0 saturated heterocycles. The Morgan fingerprint density at radius 2 is 2.12 bits per heavy atom. The van der Waals surface area contributed by atoms with Crippen molar-refractivity contribution >= 4 is 15.9 Å². The molecule has 0 radical (unpaired) electrons. The summed E-state index contributed by atoms with van der Waals surface area (Å²) in [5.41, 5.74) is 1.81. The van der Waals surface area contributed by atoms with Gasteiger partial charge in [-0.3, -0.25) is 4.90 Å². The van der Waals surface area contributed by atoms with Crippen molar-refractivity contribution in [2.24, 2.45) is 0 Å². The minimum Gasteiger partial charge on any atom is -0.507 e. The number of hydrogen-bond donors (Lipinski definition) is 2. The van der Waals surface area contributed by atoms with Crippen LogP contribution in [0.4, 0.5) is 0 Å². The van der Waals surface area contributed by atoms with E-state index in [9.17, 15) is 5.11 Å². The average Bonchev–Trinajstić information content (AvgIpc) is 3.08. The zero-order valence-electron chi connectivity index (χ0n) is 9.99. The summed E-state index contributed by atoms with van der Waals surface area (Å²) < 4.78 is 0.988. The first-order valence-electron chi connectivity index (χ1n) is 5.94. The largest absolute Gasteiger partial charge is 0.507 e. The molecule has 0 atom stereocenters. The van der Waals surface area contributed by atoms with Crippen LogP contribution in [0.5, 0.6) is 5.75 Å². The van der Waals surface area contributed by atoms with Gasteiger partial charge in [0.2, 0.25) is 0 Å². The van der Waals surface area contributed by atoms with Gasteiger partial charge in [-0.2, -0.15) is 0 Å². The molecule has 2 N–H and O–H groups in total. The highest BCUT2D eigenvalue weighted by Crippen LogP contribution is 2.32. The van der Waals surface area contributed by atoms with Gasteiger partial charge in [-0.15, -0.1) is 0 Å². The molecular formula is C13H18BrNO2. The lowest BCUT2D eigenvalue weighted by atomic mass is 10.1. The number of aliphatic hydroxyl groups is 1. The lowest BCUT2D eigenvalue weighted by Crippen LogP contribution is -2.28. The second-order valence-electron chi connectivity index (χ2n) is 4.66. The smallest absolute Gasteiger partial charge is 0.123 e. The minimum atomic E-state index is 0.171. The first-order chi connectivity index (χ1) is 8.11. The molecule has 1 aromatic carbocycles. The van der Waals surface area contributed by atoms with Crippen LogP contribution in [-0.2, 0) is 6.54 Å². The van der Waals surface area contributed by atoms with Crippen LogP contribution in [-0.4, -0.2) is 34.3 Å². The van der Waals surface area contributed by atoms with Crippen LogP contribution in [0.2, 0.25) is 0 Å². The molecule has 0 amide bonds. The van der Waals surface area contributed by atoms with Gasteiger partial charge in [0.05, 0.1) is 6.61 Å². The maximum absolute atomic E-state index is 10.0. The molecule has 0 heterocycles. The maximum atomic E-state index is 10.0. The van der Waals surface area contributed by atoms with Crippen molar-refractivity contribution in [2.75, 3.05) is 13.2 Å². The molecule has 1 aromatic rings. The Kier molecular flexibility index (Phi) is 4.07. The zero-order chi connectivity index (χ0) is 12.4. The van der Waals surface area contributed by atoms with Gasteiger partial charge in [0.1, 0.15) is 5.75 Å². The number of benzene rings is 1. The second kappa shape index (κ2) is 5.38. The fourth-order valence-corrected chi connectivity index (χ4v) is 2.72. The highest BCUT2D eigenvalue weighted by Gasteiger charge is 2.29. The van der Waals surface area contributed by atoms with Crippen LogP contribution < -0.4 is 0 Å². The van der Waals surface area contributed by atoms with Crippen molar-refractivity contribution in [1.29, 1.82) is 0 Å². The molecule has 0 aromatic heterocycles. The molecule has 94 valence electrons. The van der Waals surface area contributed by atoms with Crippen molar-refractivity contribution in [3.05, 3.63) is 27.7 Å². The molecule has 0 unspecified atom stereocenters. The van der Waals surface area contributed by atoms with E-state index in [2.05, 4.69) is 20.8 Å². The lowest BCUT2D eigenvalue weighted by Gasteiger charge is -2.22. The number of halogens is 1. The Morgan fingerprint density at radius 1 is 1.41 bits per heavy atom. The number of hydrogen-bond acceptors (Lipinski definition) is 3. The number of phenolic OH excluding ortho intramolecular Hbond substituents is 1. The third-order valence-electron chi connectivity index (χ3n) is 3.17. The van der Waals surface area contributed by atoms with Gasteiger partial charge in [-0.1, -0.05) is 15.9 Å². The molecular weight excluding hydrogens is 282 g/mol. The summed E-state index contributed by atoms with van der Waals surface area (Å²) in [5, 5.41) is 19.1. The van der Waals surface area contributed by atoms with Crippen molar-refractivity contribution in [3.63, 3.8) is 0 Å². The van der Waals surface area contributed by atoms with Crippen LogP contribution in [0.1, 0.15) is 24.0 Å². The fraction of sp³-hybridized carbons (Fsp3) is 0.538. The molecule has 0 spiro atoms. The molecule has 17 heavy (non-hydrogen) atoms. The van der Waals surface area contributed by atoms with Gasteiger partial charge in [0, 0.05) is 29.2 Å². The predicted molar refractivity (Wildman–Crippen MR) is 71.1 cm³/mol. The number of nitrogens with zero attached hydrogens (tertiary/aromatic N) is 1. The summed E-state index contributed by atoms with van der Waals surface area (Å²) in [5.74, 6) is 0.372. The number of aromatic hydroxyl groups is 1. The zero-order valence-corrected chi connectivity index (χ0v) is 11.6. The van der Waals surface area contributed by atoms with Crippen LogP contribution in [0, 0.1) is 6.92 Å².